The van der Waals surface area contributed by atoms with Gasteiger partial charge < -0.3 is 0 Å². The highest BCUT2D eigenvalue weighted by molar-refractivity contribution is 8.01. The standard InChI is InChI=1S/C15H29NSSi/c1-7-8-9-10-14-13(11-12-18(4,5)6)16-15(2,3)17-14/h13-14,16H,7-10H2,1-6H3/t13-,14-/m0/s1. The highest BCUT2D eigenvalue weighted by Crippen LogP contribution is 2.38. The van der Waals surface area contributed by atoms with Crippen molar-refractivity contribution in [1.82, 2.24) is 5.32 Å². The molecule has 2 atom stereocenters. The predicted octanol–water partition coefficient (Wildman–Crippen LogP) is 4.26. The molecule has 18 heavy (non-hydrogen) atoms. The van der Waals surface area contributed by atoms with Gasteiger partial charge in [-0.1, -0.05) is 51.7 Å². The summed E-state index contributed by atoms with van der Waals surface area (Å²) >= 11 is 2.08. The SMILES string of the molecule is CCCCC[C@@H]1SC(C)(C)N[C@H]1C#C[Si](C)(C)C. The molecule has 3 heteroatoms. The van der Waals surface area contributed by atoms with Gasteiger partial charge in [-0.05, 0) is 20.3 Å². The van der Waals surface area contributed by atoms with E-state index in [1.165, 1.54) is 25.7 Å². The lowest BCUT2D eigenvalue weighted by molar-refractivity contribution is 0.509. The van der Waals surface area contributed by atoms with Gasteiger partial charge in [-0.3, -0.25) is 5.32 Å². The summed E-state index contributed by atoms with van der Waals surface area (Å²) in [4.78, 5) is 0.190. The van der Waals surface area contributed by atoms with E-state index in [1.54, 1.807) is 0 Å². The maximum absolute atomic E-state index is 3.69. The van der Waals surface area contributed by atoms with E-state index in [0.29, 0.717) is 11.3 Å². The van der Waals surface area contributed by atoms with Gasteiger partial charge in [-0.2, -0.15) is 0 Å². The van der Waals surface area contributed by atoms with Crippen LogP contribution >= 0.6 is 11.8 Å². The third-order valence-electron chi connectivity index (χ3n) is 3.02. The number of unbranched alkanes of at least 4 members (excludes halogenated alkanes) is 2. The third kappa shape index (κ3) is 5.82. The minimum absolute atomic E-state index is 0.190. The summed E-state index contributed by atoms with van der Waals surface area (Å²) in [6.07, 6.45) is 5.31. The van der Waals surface area contributed by atoms with Crippen LogP contribution in [0.2, 0.25) is 19.6 Å². The van der Waals surface area contributed by atoms with Crippen molar-refractivity contribution in [2.24, 2.45) is 0 Å². The average Bonchev–Trinajstić information content (AvgIpc) is 2.50. The molecule has 0 amide bonds. The lowest BCUT2D eigenvalue weighted by Gasteiger charge is -2.16. The first-order chi connectivity index (χ1) is 8.23. The third-order valence-corrected chi connectivity index (χ3v) is 5.43. The van der Waals surface area contributed by atoms with Crippen molar-refractivity contribution in [3.8, 4) is 11.5 Å². The van der Waals surface area contributed by atoms with Gasteiger partial charge in [-0.15, -0.1) is 17.3 Å². The van der Waals surface area contributed by atoms with Crippen LogP contribution in [0.3, 0.4) is 0 Å². The summed E-state index contributed by atoms with van der Waals surface area (Å²) < 4.78 is 0. The van der Waals surface area contributed by atoms with Gasteiger partial charge in [0.2, 0.25) is 0 Å². The van der Waals surface area contributed by atoms with Crippen molar-refractivity contribution in [2.75, 3.05) is 0 Å². The molecule has 1 saturated heterocycles. The quantitative estimate of drug-likeness (QED) is 0.470. The number of rotatable bonds is 4. The first-order valence-electron chi connectivity index (χ1n) is 7.22. The molecule has 0 spiro atoms. The van der Waals surface area contributed by atoms with Crippen LogP contribution in [-0.4, -0.2) is 24.2 Å². The Kier molecular flexibility index (Phi) is 5.83. The zero-order valence-corrected chi connectivity index (χ0v) is 14.7. The van der Waals surface area contributed by atoms with Gasteiger partial charge in [0.15, 0.2) is 0 Å². The van der Waals surface area contributed by atoms with Gasteiger partial charge in [-0.25, -0.2) is 0 Å². The molecule has 0 bridgehead atoms. The normalized spacial score (nSPS) is 26.8. The highest BCUT2D eigenvalue weighted by Gasteiger charge is 2.37. The molecule has 104 valence electrons. The van der Waals surface area contributed by atoms with Gasteiger partial charge in [0.25, 0.3) is 0 Å². The summed E-state index contributed by atoms with van der Waals surface area (Å²) in [6.45, 7) is 13.8. The lowest BCUT2D eigenvalue weighted by Crippen LogP contribution is -2.37. The molecule has 1 fully saturated rings. The Morgan fingerprint density at radius 2 is 1.89 bits per heavy atom. The van der Waals surface area contributed by atoms with Crippen molar-refractivity contribution in [1.29, 1.82) is 0 Å². The molecule has 1 nitrogen and oxygen atoms in total. The Bertz CT molecular complexity index is 322. The molecule has 1 aliphatic heterocycles. The van der Waals surface area contributed by atoms with E-state index >= 15 is 0 Å². The molecule has 0 aliphatic carbocycles. The Morgan fingerprint density at radius 3 is 2.44 bits per heavy atom. The van der Waals surface area contributed by atoms with E-state index in [4.69, 9.17) is 0 Å². The molecule has 0 aromatic carbocycles. The Morgan fingerprint density at radius 1 is 1.22 bits per heavy atom. The van der Waals surface area contributed by atoms with Crippen LogP contribution in [0.1, 0.15) is 46.5 Å². The van der Waals surface area contributed by atoms with E-state index < -0.39 is 8.07 Å². The summed E-state index contributed by atoms with van der Waals surface area (Å²) in [5.74, 6) is 3.53. The average molecular weight is 284 g/mol. The summed E-state index contributed by atoms with van der Waals surface area (Å²) in [6, 6.07) is 0.397. The van der Waals surface area contributed by atoms with Crippen LogP contribution in [-0.2, 0) is 0 Å². The van der Waals surface area contributed by atoms with Crippen molar-refractivity contribution >= 4 is 19.8 Å². The Labute approximate surface area is 119 Å². The first-order valence-corrected chi connectivity index (χ1v) is 11.6. The molecule has 1 N–H and O–H groups in total. The fraction of sp³-hybridized carbons (Fsp3) is 0.867. The van der Waals surface area contributed by atoms with Gasteiger partial charge in [0.05, 0.1) is 10.9 Å². The van der Waals surface area contributed by atoms with Crippen molar-refractivity contribution in [2.45, 2.75) is 82.3 Å². The molecule has 1 rings (SSSR count). The molecule has 0 aromatic heterocycles. The van der Waals surface area contributed by atoms with Gasteiger partial charge >= 0.3 is 0 Å². The summed E-state index contributed by atoms with van der Waals surface area (Å²) in [7, 11) is -1.25. The number of nitrogens with one attached hydrogen (secondary N) is 1. The zero-order chi connectivity index (χ0) is 13.8. The van der Waals surface area contributed by atoms with Crippen molar-refractivity contribution < 1.29 is 0 Å². The Hall–Kier alpha value is 0.0869. The molecule has 0 saturated carbocycles. The fourth-order valence-electron chi connectivity index (χ4n) is 2.19. The first kappa shape index (κ1) is 16.1. The maximum atomic E-state index is 3.69. The largest absolute Gasteiger partial charge is 0.289 e. The minimum atomic E-state index is -1.25. The molecular formula is C15H29NSSi. The topological polar surface area (TPSA) is 12.0 Å². The number of hydrogen-bond acceptors (Lipinski definition) is 2. The monoisotopic (exact) mass is 283 g/mol. The van der Waals surface area contributed by atoms with Gasteiger partial charge in [0.1, 0.15) is 8.07 Å². The number of thioether (sulfide) groups is 1. The van der Waals surface area contributed by atoms with E-state index in [1.807, 2.05) is 0 Å². The van der Waals surface area contributed by atoms with Crippen LogP contribution < -0.4 is 5.32 Å². The maximum Gasteiger partial charge on any atom is 0.129 e. The lowest BCUT2D eigenvalue weighted by atomic mass is 10.1. The van der Waals surface area contributed by atoms with E-state index in [-0.39, 0.29) is 4.87 Å². The minimum Gasteiger partial charge on any atom is -0.289 e. The van der Waals surface area contributed by atoms with Crippen molar-refractivity contribution in [3.63, 3.8) is 0 Å². The van der Waals surface area contributed by atoms with Crippen LogP contribution in [0.15, 0.2) is 0 Å². The second-order valence-electron chi connectivity index (χ2n) is 6.80. The molecule has 0 radical (unpaired) electrons. The molecule has 0 aromatic rings. The fourth-order valence-corrected chi connectivity index (χ4v) is 4.29. The second-order valence-corrected chi connectivity index (χ2v) is 13.4. The van der Waals surface area contributed by atoms with Gasteiger partial charge in [0, 0.05) is 5.25 Å². The van der Waals surface area contributed by atoms with Crippen LogP contribution in [0.5, 0.6) is 0 Å². The summed E-state index contributed by atoms with van der Waals surface area (Å²) in [5, 5.41) is 4.37. The highest BCUT2D eigenvalue weighted by atomic mass is 32.2. The molecular weight excluding hydrogens is 254 g/mol. The zero-order valence-electron chi connectivity index (χ0n) is 12.9. The van der Waals surface area contributed by atoms with E-state index in [0.717, 1.165) is 0 Å². The molecule has 1 aliphatic rings. The predicted molar refractivity (Wildman–Crippen MR) is 87.6 cm³/mol. The second kappa shape index (κ2) is 6.50. The van der Waals surface area contributed by atoms with Crippen LogP contribution in [0, 0.1) is 11.5 Å². The molecule has 0 unspecified atom stereocenters. The number of hydrogen-bond donors (Lipinski definition) is 1. The Balaban J connectivity index is 2.63. The van der Waals surface area contributed by atoms with Crippen molar-refractivity contribution in [3.05, 3.63) is 0 Å². The smallest absolute Gasteiger partial charge is 0.129 e. The molecule has 1 heterocycles. The van der Waals surface area contributed by atoms with E-state index in [2.05, 4.69) is 69.0 Å². The van der Waals surface area contributed by atoms with E-state index in [9.17, 15) is 0 Å². The van der Waals surface area contributed by atoms with Crippen LogP contribution in [0.4, 0.5) is 0 Å². The summed E-state index contributed by atoms with van der Waals surface area (Å²) in [5.41, 5.74) is 3.54. The van der Waals surface area contributed by atoms with Crippen LogP contribution in [0.25, 0.3) is 0 Å².